The van der Waals surface area contributed by atoms with Crippen molar-refractivity contribution in [1.82, 2.24) is 74.8 Å². The van der Waals surface area contributed by atoms with Crippen LogP contribution in [0.3, 0.4) is 0 Å². The van der Waals surface area contributed by atoms with Crippen LogP contribution >= 0.6 is 0 Å². The molecule has 0 aliphatic carbocycles. The Hall–Kier alpha value is -12.8. The van der Waals surface area contributed by atoms with Crippen LogP contribution in [0.4, 0.5) is 0 Å². The Morgan fingerprint density at radius 1 is 0.122 bits per heavy atom. The normalized spacial score (nSPS) is 13.6. The molecule has 0 unspecified atom stereocenters. The number of fused-ring (bicyclic) bond motifs is 30. The van der Waals surface area contributed by atoms with E-state index in [1.165, 1.54) is 0 Å². The van der Waals surface area contributed by atoms with E-state index < -0.39 is 0 Å². The molecule has 16 rings (SSSR count). The van der Waals surface area contributed by atoms with Gasteiger partial charge < -0.3 is 9.97 Å². The quantitative estimate of drug-likeness (QED) is 0.145. The molecular formula is C75H47N15. The number of hydrogen-bond donors (Lipinski definition) is 2. The van der Waals surface area contributed by atoms with Crippen molar-refractivity contribution in [2.75, 3.05) is 0 Å². The van der Waals surface area contributed by atoms with Crippen molar-refractivity contribution in [1.29, 1.82) is 0 Å². The molecule has 0 amide bonds. The fraction of sp³-hybridized carbons (Fsp3) is 0. The molecule has 422 valence electrons. The molecule has 2 N–H and O–H groups in total. The lowest BCUT2D eigenvalue weighted by Crippen LogP contribution is -1.80. The standard InChI is InChI=1S/C75H47N15/c1-2-47-32-49-5-6-51(78-49)34-53-9-10-55(80-53)36-57-13-14-59(82-57)38-61-17-18-63(84-61)40-65-21-22-67(86-65)42-69-25-26-71(88-69)44-73-29-30-75(90-73)45-74-28-27-72(89-74)43-70-24-23-68(87-70)41-66-20-19-64(85-66)39-62-16-15-60(83-62)37-58-12-11-56(81-58)35-54-8-7-52(79-54)33-50-4-3-48(77-50)31-46(1)76-47/h1-45,76,79H. The van der Waals surface area contributed by atoms with E-state index in [-0.39, 0.29) is 0 Å². The second-order valence-corrected chi connectivity index (χ2v) is 21.7. The van der Waals surface area contributed by atoms with Crippen molar-refractivity contribution >= 4 is 180 Å². The summed E-state index contributed by atoms with van der Waals surface area (Å²) in [5, 5.41) is 0. The zero-order chi connectivity index (χ0) is 59.7. The molecule has 90 heavy (non-hydrogen) atoms. The molecule has 0 radical (unpaired) electrons. The van der Waals surface area contributed by atoms with Gasteiger partial charge in [0.05, 0.1) is 148 Å². The Labute approximate surface area is 515 Å². The number of nitrogens with zero attached hydrogens (tertiary/aromatic N) is 13. The highest BCUT2D eigenvalue weighted by Crippen LogP contribution is 2.25. The third-order valence-corrected chi connectivity index (χ3v) is 14.8. The maximum atomic E-state index is 4.85. The molecule has 15 nitrogen and oxygen atoms in total. The Bertz CT molecular complexity index is 5000. The van der Waals surface area contributed by atoms with Gasteiger partial charge in [0.15, 0.2) is 0 Å². The van der Waals surface area contributed by atoms with Gasteiger partial charge in [0, 0.05) is 22.1 Å². The summed E-state index contributed by atoms with van der Waals surface area (Å²) in [6, 6.07) is 37.9. The van der Waals surface area contributed by atoms with E-state index in [1.807, 2.05) is 273 Å². The summed E-state index contributed by atoms with van der Waals surface area (Å²) in [6.45, 7) is 0. The molecular weight excluding hydrogens is 1110 g/mol. The molecule has 13 aliphatic rings. The number of nitrogens with one attached hydrogen (secondary N) is 2. The van der Waals surface area contributed by atoms with Crippen molar-refractivity contribution in [2.24, 2.45) is 0 Å². The van der Waals surface area contributed by atoms with Crippen molar-refractivity contribution < 1.29 is 0 Å². The van der Waals surface area contributed by atoms with E-state index in [9.17, 15) is 0 Å². The molecule has 3 aromatic heterocycles. The smallest absolute Gasteiger partial charge is 0.0659 e. The van der Waals surface area contributed by atoms with Crippen LogP contribution in [-0.2, 0) is 0 Å². The van der Waals surface area contributed by atoms with Crippen molar-refractivity contribution in [2.45, 2.75) is 0 Å². The summed E-state index contributed by atoms with van der Waals surface area (Å²) in [5.41, 5.74) is 24.9. The summed E-state index contributed by atoms with van der Waals surface area (Å²) in [5.74, 6) is 0. The fourth-order valence-corrected chi connectivity index (χ4v) is 10.7. The highest BCUT2D eigenvalue weighted by molar-refractivity contribution is 5.84. The van der Waals surface area contributed by atoms with Crippen LogP contribution in [0.15, 0.2) is 115 Å². The molecule has 16 heterocycles. The second-order valence-electron chi connectivity index (χ2n) is 21.7. The Morgan fingerprint density at radius 2 is 0.211 bits per heavy atom. The lowest BCUT2D eigenvalue weighted by molar-refractivity contribution is 1.24. The van der Waals surface area contributed by atoms with Gasteiger partial charge in [-0.3, -0.25) is 0 Å². The van der Waals surface area contributed by atoms with Gasteiger partial charge in [-0.2, -0.15) is 0 Å². The van der Waals surface area contributed by atoms with Crippen molar-refractivity contribution in [3.8, 4) is 0 Å². The third-order valence-electron chi connectivity index (χ3n) is 14.8. The molecule has 0 fully saturated rings. The molecule has 15 heteroatoms. The van der Waals surface area contributed by atoms with Gasteiger partial charge in [-0.15, -0.1) is 0 Å². The summed E-state index contributed by atoms with van der Waals surface area (Å²) in [7, 11) is 0. The number of aromatic amines is 2. The van der Waals surface area contributed by atoms with Gasteiger partial charge in [0.2, 0.25) is 0 Å². The first-order valence-electron chi connectivity index (χ1n) is 29.1. The topological polar surface area (TPSA) is 199 Å². The Morgan fingerprint density at radius 3 is 0.311 bits per heavy atom. The van der Waals surface area contributed by atoms with Crippen molar-refractivity contribution in [3.05, 3.63) is 263 Å². The largest absolute Gasteiger partial charge is 0.355 e. The first-order valence-corrected chi connectivity index (χ1v) is 29.1. The predicted octanol–water partition coefficient (Wildman–Crippen LogP) is 15.7. The van der Waals surface area contributed by atoms with Crippen LogP contribution in [0.25, 0.3) is 180 Å². The average Bonchev–Trinajstić information content (AvgIpc) is 2.89. The summed E-state index contributed by atoms with van der Waals surface area (Å²) in [6.07, 6.45) is 51.6. The van der Waals surface area contributed by atoms with Crippen LogP contribution in [-0.4, -0.2) is 74.8 Å². The zero-order valence-electron chi connectivity index (χ0n) is 47.8. The highest BCUT2D eigenvalue weighted by atomic mass is 14.8. The summed E-state index contributed by atoms with van der Waals surface area (Å²) in [4.78, 5) is 69.6. The van der Waals surface area contributed by atoms with Crippen LogP contribution in [0, 0.1) is 0 Å². The van der Waals surface area contributed by atoms with Gasteiger partial charge in [-0.25, -0.2) is 64.8 Å². The Kier molecular flexibility index (Phi) is 13.4. The number of rotatable bonds is 0. The van der Waals surface area contributed by atoms with Gasteiger partial charge in [-0.05, 0) is 273 Å². The van der Waals surface area contributed by atoms with Crippen LogP contribution in [0.2, 0.25) is 0 Å². The molecule has 0 atom stereocenters. The minimum atomic E-state index is 0.805. The predicted molar refractivity (Wildman–Crippen MR) is 367 cm³/mol. The molecule has 0 spiro atoms. The van der Waals surface area contributed by atoms with Gasteiger partial charge in [0.1, 0.15) is 0 Å². The van der Waals surface area contributed by atoms with Gasteiger partial charge >= 0.3 is 0 Å². The van der Waals surface area contributed by atoms with E-state index in [2.05, 4.69) is 9.97 Å². The second kappa shape index (κ2) is 22.9. The SMILES string of the molecule is C1=Cc2cc3nc(cc4nc(cc5nc(cc6nc(cc7nc(cc8ccc(cc9nc(cc%10ccc(cc%11nc(cc%12nc(cc%13nc(cc%14nc(cc%15nc(cc%16nc(cc1n2)C=C%16)C=C%15)C=C%14)C=C%13)C=C%12)C=C%11)[nH]%10)C=C9)[nH]8)C=C7)C=C6)C=C5)C=C4)C=C3. The maximum Gasteiger partial charge on any atom is 0.0659 e. The van der Waals surface area contributed by atoms with E-state index in [4.69, 9.17) is 64.8 Å². The number of H-pyrrole nitrogens is 2. The summed E-state index contributed by atoms with van der Waals surface area (Å²) < 4.78 is 0. The molecule has 0 saturated carbocycles. The molecule has 13 aliphatic heterocycles. The first-order chi connectivity index (χ1) is 44.2. The van der Waals surface area contributed by atoms with E-state index >= 15 is 0 Å². The average molecular weight is 1160 g/mol. The Balaban J connectivity index is 0.697. The van der Waals surface area contributed by atoms with Gasteiger partial charge in [-0.1, -0.05) is 0 Å². The molecule has 3 aromatic rings. The minimum Gasteiger partial charge on any atom is -0.355 e. The number of aromatic nitrogens is 15. The summed E-state index contributed by atoms with van der Waals surface area (Å²) >= 11 is 0. The van der Waals surface area contributed by atoms with Crippen LogP contribution < -0.4 is 0 Å². The lowest BCUT2D eigenvalue weighted by Gasteiger charge is -1.86. The molecule has 30 bridgehead atoms. The highest BCUT2D eigenvalue weighted by Gasteiger charge is 2.11. The first kappa shape index (κ1) is 52.8. The fourth-order valence-electron chi connectivity index (χ4n) is 10.7. The maximum absolute atomic E-state index is 4.85. The molecule has 0 saturated heterocycles. The van der Waals surface area contributed by atoms with E-state index in [0.717, 1.165) is 170 Å². The van der Waals surface area contributed by atoms with Crippen LogP contribution in [0.1, 0.15) is 148 Å². The third kappa shape index (κ3) is 12.5. The minimum absolute atomic E-state index is 0.805. The van der Waals surface area contributed by atoms with E-state index in [0.29, 0.717) is 0 Å². The monoisotopic (exact) mass is 1160 g/mol. The van der Waals surface area contributed by atoms with Crippen molar-refractivity contribution in [3.63, 3.8) is 0 Å². The molecule has 0 aromatic carbocycles. The van der Waals surface area contributed by atoms with Crippen LogP contribution in [0.5, 0.6) is 0 Å². The number of hydrogen-bond acceptors (Lipinski definition) is 13. The van der Waals surface area contributed by atoms with Gasteiger partial charge in [0.25, 0.3) is 0 Å². The van der Waals surface area contributed by atoms with E-state index in [1.54, 1.807) is 0 Å². The zero-order valence-corrected chi connectivity index (χ0v) is 47.8. The lowest BCUT2D eigenvalue weighted by atomic mass is 10.3.